The van der Waals surface area contributed by atoms with E-state index < -0.39 is 17.7 Å². The summed E-state index contributed by atoms with van der Waals surface area (Å²) in [4.78, 5) is 32.3. The number of ketones is 1. The molecule has 186 valence electrons. The van der Waals surface area contributed by atoms with Crippen molar-refractivity contribution in [2.75, 3.05) is 6.61 Å². The van der Waals surface area contributed by atoms with Gasteiger partial charge in [-0.05, 0) is 66.4 Å². The third-order valence-electron chi connectivity index (χ3n) is 6.06. The number of carbonyl (C=O) groups excluding carboxylic acids is 2. The van der Waals surface area contributed by atoms with Crippen molar-refractivity contribution in [2.45, 2.75) is 39.3 Å². The summed E-state index contributed by atoms with van der Waals surface area (Å²) in [6, 6.07) is 14.6. The SMILES string of the molecule is CCOc1ccc(/C(O)=C2/C(=O)C(=O)N(Cc3ccccn3)C2c2ccc(Cl)c(Cl)c2)cc1C(C)C. The molecule has 0 radical (unpaired) electrons. The number of nitrogens with zero attached hydrogens (tertiary/aromatic N) is 2. The molecule has 0 saturated carbocycles. The summed E-state index contributed by atoms with van der Waals surface area (Å²) in [5.74, 6) is -0.955. The molecule has 4 rings (SSSR count). The summed E-state index contributed by atoms with van der Waals surface area (Å²) in [5.41, 5.74) is 2.44. The van der Waals surface area contributed by atoms with Crippen molar-refractivity contribution in [3.8, 4) is 5.75 Å². The maximum Gasteiger partial charge on any atom is 0.296 e. The van der Waals surface area contributed by atoms with Crippen molar-refractivity contribution in [1.82, 2.24) is 9.88 Å². The minimum absolute atomic E-state index is 0.0202. The van der Waals surface area contributed by atoms with Crippen LogP contribution in [-0.4, -0.2) is 33.3 Å². The average Bonchev–Trinajstić information content (AvgIpc) is 3.11. The van der Waals surface area contributed by atoms with Crippen LogP contribution < -0.4 is 4.74 Å². The van der Waals surface area contributed by atoms with Gasteiger partial charge in [0.25, 0.3) is 11.7 Å². The van der Waals surface area contributed by atoms with Crippen LogP contribution in [0, 0.1) is 0 Å². The first-order chi connectivity index (χ1) is 17.2. The number of rotatable bonds is 7. The zero-order valence-corrected chi connectivity index (χ0v) is 21.7. The largest absolute Gasteiger partial charge is 0.507 e. The second kappa shape index (κ2) is 10.7. The van der Waals surface area contributed by atoms with E-state index in [0.717, 1.165) is 5.56 Å². The number of halogens is 2. The van der Waals surface area contributed by atoms with Gasteiger partial charge in [0.1, 0.15) is 11.5 Å². The molecule has 8 heteroatoms. The standard InChI is InChI=1S/C28H26Cl2N2O4/c1-4-36-23-11-9-18(13-20(23)16(2)3)26(33)24-25(17-8-10-21(29)22(30)14-17)32(28(35)27(24)34)15-19-7-5-6-12-31-19/h5-14,16,25,33H,4,15H2,1-3H3/b26-24-. The van der Waals surface area contributed by atoms with Crippen molar-refractivity contribution in [3.63, 3.8) is 0 Å². The van der Waals surface area contributed by atoms with Crippen molar-refractivity contribution in [1.29, 1.82) is 0 Å². The molecule has 0 spiro atoms. The van der Waals surface area contributed by atoms with E-state index in [0.29, 0.717) is 34.2 Å². The second-order valence-electron chi connectivity index (χ2n) is 8.76. The summed E-state index contributed by atoms with van der Waals surface area (Å²) in [6.07, 6.45) is 1.62. The lowest BCUT2D eigenvalue weighted by Crippen LogP contribution is -2.29. The fourth-order valence-electron chi connectivity index (χ4n) is 4.33. The summed E-state index contributed by atoms with van der Waals surface area (Å²) in [7, 11) is 0. The molecule has 1 aliphatic rings. The Labute approximate surface area is 220 Å². The van der Waals surface area contributed by atoms with Gasteiger partial charge in [0.2, 0.25) is 0 Å². The van der Waals surface area contributed by atoms with Crippen LogP contribution in [0.5, 0.6) is 5.75 Å². The molecule has 2 heterocycles. The molecule has 1 aliphatic heterocycles. The third-order valence-corrected chi connectivity index (χ3v) is 6.80. The highest BCUT2D eigenvalue weighted by atomic mass is 35.5. The number of amides is 1. The molecule has 0 bridgehead atoms. The first kappa shape index (κ1) is 25.7. The number of pyridine rings is 1. The topological polar surface area (TPSA) is 79.7 Å². The van der Waals surface area contributed by atoms with Gasteiger partial charge in [-0.2, -0.15) is 0 Å². The van der Waals surface area contributed by atoms with E-state index in [2.05, 4.69) is 4.98 Å². The van der Waals surface area contributed by atoms with Crippen LogP contribution in [0.3, 0.4) is 0 Å². The number of aliphatic hydroxyl groups excluding tert-OH is 1. The lowest BCUT2D eigenvalue weighted by atomic mass is 9.93. The van der Waals surface area contributed by atoms with Gasteiger partial charge in [-0.25, -0.2) is 0 Å². The van der Waals surface area contributed by atoms with Crippen LogP contribution in [0.2, 0.25) is 10.0 Å². The molecule has 1 saturated heterocycles. The van der Waals surface area contributed by atoms with Gasteiger partial charge in [-0.15, -0.1) is 0 Å². The van der Waals surface area contributed by atoms with E-state index in [1.807, 2.05) is 20.8 Å². The molecule has 6 nitrogen and oxygen atoms in total. The average molecular weight is 525 g/mol. The van der Waals surface area contributed by atoms with E-state index >= 15 is 0 Å². The fourth-order valence-corrected chi connectivity index (χ4v) is 4.63. The van der Waals surface area contributed by atoms with Crippen LogP contribution >= 0.6 is 23.2 Å². The minimum Gasteiger partial charge on any atom is -0.507 e. The molecular formula is C28H26Cl2N2O4. The number of likely N-dealkylation sites (tertiary alicyclic amines) is 1. The lowest BCUT2D eigenvalue weighted by Gasteiger charge is -2.25. The Morgan fingerprint density at radius 1 is 1.08 bits per heavy atom. The van der Waals surface area contributed by atoms with Gasteiger partial charge < -0.3 is 14.7 Å². The first-order valence-electron chi connectivity index (χ1n) is 11.6. The molecular weight excluding hydrogens is 499 g/mol. The van der Waals surface area contributed by atoms with Crippen LogP contribution in [0.4, 0.5) is 0 Å². The van der Waals surface area contributed by atoms with Crippen LogP contribution in [0.1, 0.15) is 55.1 Å². The van der Waals surface area contributed by atoms with Gasteiger partial charge in [-0.1, -0.05) is 49.2 Å². The highest BCUT2D eigenvalue weighted by Gasteiger charge is 2.46. The minimum atomic E-state index is -0.879. The highest BCUT2D eigenvalue weighted by Crippen LogP contribution is 2.42. The third kappa shape index (κ3) is 4.97. The molecule has 1 amide bonds. The number of aliphatic hydroxyl groups is 1. The molecule has 3 aromatic rings. The molecule has 0 aliphatic carbocycles. The van der Waals surface area contributed by atoms with Gasteiger partial charge >= 0.3 is 0 Å². The molecule has 1 atom stereocenters. The van der Waals surface area contributed by atoms with E-state index in [4.69, 9.17) is 27.9 Å². The van der Waals surface area contributed by atoms with Gasteiger partial charge in [0.15, 0.2) is 0 Å². The van der Waals surface area contributed by atoms with Gasteiger partial charge in [0.05, 0.1) is 40.5 Å². The number of hydrogen-bond acceptors (Lipinski definition) is 5. The van der Waals surface area contributed by atoms with Crippen LogP contribution in [-0.2, 0) is 16.1 Å². The summed E-state index contributed by atoms with van der Waals surface area (Å²) in [6.45, 7) is 6.51. The zero-order valence-electron chi connectivity index (χ0n) is 20.2. The monoisotopic (exact) mass is 524 g/mol. The summed E-state index contributed by atoms with van der Waals surface area (Å²) >= 11 is 12.4. The van der Waals surface area contributed by atoms with Crippen molar-refractivity contribution >= 4 is 40.7 Å². The molecule has 1 aromatic heterocycles. The van der Waals surface area contributed by atoms with Crippen molar-refractivity contribution < 1.29 is 19.4 Å². The Morgan fingerprint density at radius 2 is 1.86 bits per heavy atom. The molecule has 36 heavy (non-hydrogen) atoms. The van der Waals surface area contributed by atoms with Crippen molar-refractivity contribution in [3.05, 3.63) is 98.8 Å². The number of ether oxygens (including phenoxy) is 1. The predicted octanol–water partition coefficient (Wildman–Crippen LogP) is 6.53. The Balaban J connectivity index is 1.89. The normalized spacial score (nSPS) is 17.2. The highest BCUT2D eigenvalue weighted by molar-refractivity contribution is 6.46. The van der Waals surface area contributed by atoms with Crippen molar-refractivity contribution in [2.24, 2.45) is 0 Å². The smallest absolute Gasteiger partial charge is 0.296 e. The second-order valence-corrected chi connectivity index (χ2v) is 9.58. The lowest BCUT2D eigenvalue weighted by molar-refractivity contribution is -0.140. The number of Topliss-reactive ketones (excluding diaryl/α,β-unsaturated/α-hetero) is 1. The zero-order chi connectivity index (χ0) is 26.0. The summed E-state index contributed by atoms with van der Waals surface area (Å²) in [5, 5.41) is 12.1. The molecule has 1 N–H and O–H groups in total. The van der Waals surface area contributed by atoms with E-state index in [1.165, 1.54) is 4.90 Å². The first-order valence-corrected chi connectivity index (χ1v) is 12.4. The fraction of sp³-hybridized carbons (Fsp3) is 0.250. The Kier molecular flexibility index (Phi) is 7.67. The quantitative estimate of drug-likeness (QED) is 0.216. The number of benzene rings is 2. The molecule has 2 aromatic carbocycles. The van der Waals surface area contributed by atoms with Crippen LogP contribution in [0.15, 0.2) is 66.4 Å². The number of aromatic nitrogens is 1. The Bertz CT molecular complexity index is 1340. The van der Waals surface area contributed by atoms with Crippen LogP contribution in [0.25, 0.3) is 5.76 Å². The Hall–Kier alpha value is -3.35. The molecule has 1 fully saturated rings. The van der Waals surface area contributed by atoms with E-state index in [9.17, 15) is 14.7 Å². The predicted molar refractivity (Wildman–Crippen MR) is 140 cm³/mol. The van der Waals surface area contributed by atoms with E-state index in [-0.39, 0.29) is 28.8 Å². The van der Waals surface area contributed by atoms with Gasteiger partial charge in [-0.3, -0.25) is 14.6 Å². The Morgan fingerprint density at radius 3 is 2.50 bits per heavy atom. The number of carbonyl (C=O) groups is 2. The summed E-state index contributed by atoms with van der Waals surface area (Å²) < 4.78 is 5.73. The van der Waals surface area contributed by atoms with E-state index in [1.54, 1.807) is 60.8 Å². The molecule has 1 unspecified atom stereocenters. The van der Waals surface area contributed by atoms with Gasteiger partial charge in [0, 0.05) is 11.8 Å². The maximum atomic E-state index is 13.3. The maximum absolute atomic E-state index is 13.3. The number of hydrogen-bond donors (Lipinski definition) is 1.